The van der Waals surface area contributed by atoms with E-state index in [1.807, 2.05) is 37.3 Å². The van der Waals surface area contributed by atoms with Crippen LogP contribution >= 0.6 is 35.0 Å². The zero-order valence-corrected chi connectivity index (χ0v) is 34.1. The first kappa shape index (κ1) is 43.9. The van der Waals surface area contributed by atoms with Crippen LogP contribution in [0.4, 0.5) is 4.79 Å². The Bertz CT molecular complexity index is 1640. The van der Waals surface area contributed by atoms with E-state index < -0.39 is 11.5 Å². The molecule has 2 atom stereocenters. The van der Waals surface area contributed by atoms with Gasteiger partial charge in [0.25, 0.3) is 0 Å². The molecule has 1 unspecified atom stereocenters. The molecule has 0 bridgehead atoms. The van der Waals surface area contributed by atoms with Crippen molar-refractivity contribution in [3.05, 3.63) is 69.7 Å². The van der Waals surface area contributed by atoms with E-state index in [0.29, 0.717) is 87.7 Å². The third-order valence-corrected chi connectivity index (χ3v) is 11.6. The Kier molecular flexibility index (Phi) is 17.6. The molecule has 2 aromatic rings. The van der Waals surface area contributed by atoms with Gasteiger partial charge in [0.05, 0.1) is 21.2 Å². The molecule has 2 fully saturated rings. The monoisotopic (exact) mass is 816 g/mol. The van der Waals surface area contributed by atoms with Crippen molar-refractivity contribution in [3.8, 4) is 0 Å². The van der Waals surface area contributed by atoms with Crippen LogP contribution in [0.3, 0.4) is 0 Å². The Morgan fingerprint density at radius 2 is 1.62 bits per heavy atom. The molecule has 55 heavy (non-hydrogen) atoms. The number of hydrogen-bond donors (Lipinski definition) is 4. The number of likely N-dealkylation sites (tertiary alicyclic amines) is 2. The lowest BCUT2D eigenvalue weighted by Gasteiger charge is -2.43. The number of carbonyl (C=O) groups excluding carboxylic acids is 6. The normalized spacial score (nSPS) is 17.9. The number of nitrogens with zero attached hydrogens (tertiary/aromatic N) is 2. The van der Waals surface area contributed by atoms with Crippen LogP contribution in [-0.4, -0.2) is 102 Å². The topological polar surface area (TPSA) is 157 Å². The number of thioether (sulfide) groups is 1. The number of nitrogens with one attached hydrogen (secondary N) is 4. The van der Waals surface area contributed by atoms with Crippen LogP contribution in [0.5, 0.6) is 0 Å². The van der Waals surface area contributed by atoms with Gasteiger partial charge in [-0.05, 0) is 75.1 Å². The smallest absolute Gasteiger partial charge is 0.318 e. The summed E-state index contributed by atoms with van der Waals surface area (Å²) in [6.07, 6.45) is 5.69. The average molecular weight is 818 g/mol. The number of halogens is 2. The third kappa shape index (κ3) is 14.0. The maximum Gasteiger partial charge on any atom is 0.318 e. The van der Waals surface area contributed by atoms with Crippen LogP contribution in [-0.2, 0) is 36.8 Å². The van der Waals surface area contributed by atoms with Gasteiger partial charge in [0.2, 0.25) is 23.6 Å². The Morgan fingerprint density at radius 1 is 0.873 bits per heavy atom. The molecular weight excluding hydrogens is 763 g/mol. The SMILES string of the molecule is CCNC(=O)[C@]1(Cc2ccccc2)CCCN(C(=O)C(Cc2ccc(Cl)c(Cl)c2)NC(=O)N2CCC(NC(=O)CCCCCNC(=O)CSC(C)=O)CC2)C1. The summed E-state index contributed by atoms with van der Waals surface area (Å²) < 4.78 is 0. The molecule has 300 valence electrons. The van der Waals surface area contributed by atoms with Gasteiger partial charge in [-0.15, -0.1) is 0 Å². The van der Waals surface area contributed by atoms with Gasteiger partial charge >= 0.3 is 6.03 Å². The summed E-state index contributed by atoms with van der Waals surface area (Å²) in [5.41, 5.74) is 0.937. The van der Waals surface area contributed by atoms with Gasteiger partial charge in [0.15, 0.2) is 5.12 Å². The van der Waals surface area contributed by atoms with Crippen molar-refractivity contribution in [1.82, 2.24) is 31.1 Å². The van der Waals surface area contributed by atoms with Crippen molar-refractivity contribution < 1.29 is 28.8 Å². The Hall–Kier alpha value is -3.81. The van der Waals surface area contributed by atoms with E-state index in [2.05, 4.69) is 21.3 Å². The summed E-state index contributed by atoms with van der Waals surface area (Å²) in [7, 11) is 0. The number of unbranched alkanes of at least 4 members (excludes halogenated alkanes) is 2. The molecule has 2 heterocycles. The predicted molar refractivity (Wildman–Crippen MR) is 217 cm³/mol. The van der Waals surface area contributed by atoms with E-state index in [9.17, 15) is 28.8 Å². The van der Waals surface area contributed by atoms with Crippen LogP contribution in [0.2, 0.25) is 10.0 Å². The molecule has 2 aliphatic rings. The van der Waals surface area contributed by atoms with Crippen LogP contribution in [0.15, 0.2) is 48.5 Å². The highest BCUT2D eigenvalue weighted by Gasteiger charge is 2.44. The van der Waals surface area contributed by atoms with Gasteiger partial charge < -0.3 is 31.1 Å². The number of amides is 6. The minimum Gasteiger partial charge on any atom is -0.356 e. The van der Waals surface area contributed by atoms with E-state index in [4.69, 9.17) is 23.2 Å². The lowest BCUT2D eigenvalue weighted by Crippen LogP contribution is -2.59. The second kappa shape index (κ2) is 22.1. The Balaban J connectivity index is 1.33. The highest BCUT2D eigenvalue weighted by molar-refractivity contribution is 8.14. The van der Waals surface area contributed by atoms with Gasteiger partial charge in [0.1, 0.15) is 6.04 Å². The second-order valence-corrected chi connectivity index (χ2v) is 16.4. The average Bonchev–Trinajstić information content (AvgIpc) is 3.17. The van der Waals surface area contributed by atoms with Gasteiger partial charge in [-0.1, -0.05) is 77.8 Å². The quantitative estimate of drug-likeness (QED) is 0.161. The zero-order valence-electron chi connectivity index (χ0n) is 31.8. The summed E-state index contributed by atoms with van der Waals surface area (Å²) in [6.45, 7) is 5.80. The summed E-state index contributed by atoms with van der Waals surface area (Å²) in [4.78, 5) is 80.5. The molecule has 0 spiro atoms. The Labute approximate surface area is 338 Å². The molecule has 2 aliphatic heterocycles. The van der Waals surface area contributed by atoms with Crippen molar-refractivity contribution in [1.29, 1.82) is 0 Å². The molecule has 12 nitrogen and oxygen atoms in total. The van der Waals surface area contributed by atoms with E-state index in [1.54, 1.807) is 28.0 Å². The first-order chi connectivity index (χ1) is 26.4. The summed E-state index contributed by atoms with van der Waals surface area (Å²) in [6, 6.07) is 13.6. The van der Waals surface area contributed by atoms with Gasteiger partial charge in [-0.3, -0.25) is 24.0 Å². The molecule has 0 radical (unpaired) electrons. The zero-order chi connectivity index (χ0) is 39.8. The second-order valence-electron chi connectivity index (χ2n) is 14.4. The molecule has 6 amide bonds. The standard InChI is InChI=1S/C40H54Cl2N6O6S/c1-3-43-38(53)40(25-29-11-6-4-7-12-29)18-10-20-48(27-40)37(52)34(24-30-14-15-32(41)33(42)23-30)46-39(54)47-21-16-31(17-22-47)45-35(50)13-8-5-9-19-44-36(51)26-55-28(2)49/h4,6-7,11-12,14-15,23,31,34H,3,5,8-10,13,16-22,24-27H2,1-2H3,(H,43,53)(H,44,51)(H,45,50)(H,46,54)/t34?,40-/m0/s1. The summed E-state index contributed by atoms with van der Waals surface area (Å²) >= 11 is 13.5. The van der Waals surface area contributed by atoms with Crippen molar-refractivity contribution in [3.63, 3.8) is 0 Å². The van der Waals surface area contributed by atoms with Gasteiger partial charge in [-0.25, -0.2) is 4.79 Å². The van der Waals surface area contributed by atoms with E-state index in [0.717, 1.165) is 35.7 Å². The van der Waals surface area contributed by atoms with Crippen LogP contribution in [0.1, 0.15) is 76.3 Å². The lowest BCUT2D eigenvalue weighted by atomic mass is 9.74. The number of urea groups is 1. The number of benzene rings is 2. The molecule has 0 saturated carbocycles. The number of rotatable bonds is 17. The fraction of sp³-hybridized carbons (Fsp3) is 0.550. The summed E-state index contributed by atoms with van der Waals surface area (Å²) in [5, 5.41) is 12.5. The molecule has 15 heteroatoms. The maximum absolute atomic E-state index is 14.4. The van der Waals surface area contributed by atoms with Crippen molar-refractivity contribution in [2.45, 2.75) is 90.1 Å². The molecule has 4 N–H and O–H groups in total. The minimum absolute atomic E-state index is 0.0467. The molecule has 4 rings (SSSR count). The number of carbonyl (C=O) groups is 6. The molecule has 2 aromatic carbocycles. The molecule has 0 aliphatic carbocycles. The van der Waals surface area contributed by atoms with Crippen molar-refractivity contribution in [2.75, 3.05) is 45.0 Å². The Morgan fingerprint density at radius 3 is 2.31 bits per heavy atom. The van der Waals surface area contributed by atoms with Crippen LogP contribution in [0.25, 0.3) is 0 Å². The largest absolute Gasteiger partial charge is 0.356 e. The minimum atomic E-state index is -0.920. The highest BCUT2D eigenvalue weighted by Crippen LogP contribution is 2.35. The van der Waals surface area contributed by atoms with Crippen LogP contribution < -0.4 is 21.3 Å². The fourth-order valence-electron chi connectivity index (χ4n) is 7.19. The third-order valence-electron chi connectivity index (χ3n) is 10.1. The molecular formula is C40H54Cl2N6O6S. The van der Waals surface area contributed by atoms with Crippen molar-refractivity contribution in [2.24, 2.45) is 5.41 Å². The van der Waals surface area contributed by atoms with Crippen molar-refractivity contribution >= 4 is 69.7 Å². The first-order valence-corrected chi connectivity index (χ1v) is 20.9. The molecule has 0 aromatic heterocycles. The highest BCUT2D eigenvalue weighted by atomic mass is 35.5. The number of hydrogen-bond acceptors (Lipinski definition) is 7. The summed E-state index contributed by atoms with van der Waals surface area (Å²) in [5.74, 6) is -0.455. The van der Waals surface area contributed by atoms with E-state index in [-0.39, 0.29) is 59.5 Å². The fourth-order valence-corrected chi connectivity index (χ4v) is 7.94. The van der Waals surface area contributed by atoms with E-state index in [1.165, 1.54) is 6.92 Å². The maximum atomic E-state index is 14.4. The predicted octanol–water partition coefficient (Wildman–Crippen LogP) is 5.14. The van der Waals surface area contributed by atoms with E-state index >= 15 is 0 Å². The lowest BCUT2D eigenvalue weighted by molar-refractivity contribution is -0.143. The number of piperidine rings is 2. The van der Waals surface area contributed by atoms with Crippen LogP contribution in [0, 0.1) is 5.41 Å². The van der Waals surface area contributed by atoms with Gasteiger partial charge in [0, 0.05) is 65.1 Å². The first-order valence-electron chi connectivity index (χ1n) is 19.2. The molecule has 2 saturated heterocycles. The van der Waals surface area contributed by atoms with Gasteiger partial charge in [-0.2, -0.15) is 0 Å².